The average molecular weight is 344 g/mol. The van der Waals surface area contributed by atoms with Crippen LogP contribution in [0.1, 0.15) is 70.8 Å². The van der Waals surface area contributed by atoms with Crippen molar-refractivity contribution in [3.8, 4) is 0 Å². The summed E-state index contributed by atoms with van der Waals surface area (Å²) >= 11 is 0. The Morgan fingerprint density at radius 3 is 2.20 bits per heavy atom. The first-order valence-corrected chi connectivity index (χ1v) is 9.69. The third kappa shape index (κ3) is 5.46. The molecule has 1 aromatic rings. The lowest BCUT2D eigenvalue weighted by molar-refractivity contribution is 0.0461. The number of carbonyl (C=O) groups is 1. The van der Waals surface area contributed by atoms with Crippen molar-refractivity contribution in [2.24, 2.45) is 0 Å². The SMILES string of the molecule is CC(C)(C)OC(=O)NC1CC(NC2CCC(c3ccccc3)CC2)C1. The van der Waals surface area contributed by atoms with Crippen molar-refractivity contribution in [2.75, 3.05) is 0 Å². The third-order valence-electron chi connectivity index (χ3n) is 5.33. The zero-order valence-electron chi connectivity index (χ0n) is 15.8. The Morgan fingerprint density at radius 2 is 1.60 bits per heavy atom. The van der Waals surface area contributed by atoms with Crippen molar-refractivity contribution in [3.63, 3.8) is 0 Å². The fraction of sp³-hybridized carbons (Fsp3) is 0.667. The van der Waals surface area contributed by atoms with Crippen LogP contribution in [0.2, 0.25) is 0 Å². The number of alkyl carbamates (subject to hydrolysis) is 1. The first kappa shape index (κ1) is 18.2. The summed E-state index contributed by atoms with van der Waals surface area (Å²) in [5.41, 5.74) is 1.06. The average Bonchev–Trinajstić information content (AvgIpc) is 2.52. The molecular weight excluding hydrogens is 312 g/mol. The topological polar surface area (TPSA) is 50.4 Å². The number of carbonyl (C=O) groups excluding carboxylic acids is 1. The third-order valence-corrected chi connectivity index (χ3v) is 5.33. The first-order chi connectivity index (χ1) is 11.9. The molecule has 2 aliphatic rings. The molecule has 4 heteroatoms. The van der Waals surface area contributed by atoms with E-state index in [1.807, 2.05) is 20.8 Å². The molecule has 0 saturated heterocycles. The normalized spacial score (nSPS) is 29.6. The summed E-state index contributed by atoms with van der Waals surface area (Å²) in [6, 6.07) is 12.3. The van der Waals surface area contributed by atoms with Crippen LogP contribution in [0.4, 0.5) is 4.79 Å². The summed E-state index contributed by atoms with van der Waals surface area (Å²) in [7, 11) is 0. The molecular formula is C21H32N2O2. The van der Waals surface area contributed by atoms with Crippen molar-refractivity contribution in [3.05, 3.63) is 35.9 Å². The zero-order valence-corrected chi connectivity index (χ0v) is 15.8. The van der Waals surface area contributed by atoms with Crippen LogP contribution < -0.4 is 10.6 Å². The van der Waals surface area contributed by atoms with Gasteiger partial charge in [0.25, 0.3) is 0 Å². The van der Waals surface area contributed by atoms with Gasteiger partial charge in [0, 0.05) is 18.1 Å². The maximum absolute atomic E-state index is 11.8. The lowest BCUT2D eigenvalue weighted by Gasteiger charge is -2.40. The molecule has 0 spiro atoms. The summed E-state index contributed by atoms with van der Waals surface area (Å²) in [5.74, 6) is 0.724. The smallest absolute Gasteiger partial charge is 0.407 e. The van der Waals surface area contributed by atoms with Crippen LogP contribution in [0.5, 0.6) is 0 Å². The predicted molar refractivity (Wildman–Crippen MR) is 101 cm³/mol. The monoisotopic (exact) mass is 344 g/mol. The van der Waals surface area contributed by atoms with Gasteiger partial charge in [0.2, 0.25) is 0 Å². The van der Waals surface area contributed by atoms with Gasteiger partial charge in [-0.3, -0.25) is 0 Å². The molecule has 25 heavy (non-hydrogen) atoms. The van der Waals surface area contributed by atoms with Crippen molar-refractivity contribution < 1.29 is 9.53 Å². The number of hydrogen-bond donors (Lipinski definition) is 2. The second kappa shape index (κ2) is 7.77. The molecule has 0 atom stereocenters. The molecule has 0 unspecified atom stereocenters. The fourth-order valence-corrected chi connectivity index (χ4v) is 4.00. The lowest BCUT2D eigenvalue weighted by atomic mass is 9.80. The van der Waals surface area contributed by atoms with E-state index in [0.29, 0.717) is 12.1 Å². The number of nitrogens with one attached hydrogen (secondary N) is 2. The van der Waals surface area contributed by atoms with E-state index in [4.69, 9.17) is 4.74 Å². The quantitative estimate of drug-likeness (QED) is 0.853. The van der Waals surface area contributed by atoms with Crippen molar-refractivity contribution >= 4 is 6.09 Å². The Morgan fingerprint density at radius 1 is 0.960 bits per heavy atom. The molecule has 2 fully saturated rings. The van der Waals surface area contributed by atoms with Crippen LogP contribution in [0.3, 0.4) is 0 Å². The Bertz CT molecular complexity index is 553. The van der Waals surface area contributed by atoms with Gasteiger partial charge in [0.15, 0.2) is 0 Å². The Labute approximate surface area is 151 Å². The van der Waals surface area contributed by atoms with Crippen molar-refractivity contribution in [1.82, 2.24) is 10.6 Å². The van der Waals surface area contributed by atoms with Crippen LogP contribution in [0, 0.1) is 0 Å². The largest absolute Gasteiger partial charge is 0.444 e. The van der Waals surface area contributed by atoms with E-state index >= 15 is 0 Å². The van der Waals surface area contributed by atoms with Gasteiger partial charge in [0.1, 0.15) is 5.60 Å². The molecule has 2 aliphatic carbocycles. The van der Waals surface area contributed by atoms with Crippen LogP contribution in [-0.4, -0.2) is 29.8 Å². The van der Waals surface area contributed by atoms with Gasteiger partial charge in [-0.1, -0.05) is 30.3 Å². The summed E-state index contributed by atoms with van der Waals surface area (Å²) in [6.45, 7) is 5.68. The highest BCUT2D eigenvalue weighted by atomic mass is 16.6. The van der Waals surface area contributed by atoms with Gasteiger partial charge in [-0.2, -0.15) is 0 Å². The molecule has 0 aliphatic heterocycles. The van der Waals surface area contributed by atoms with E-state index in [0.717, 1.165) is 18.8 Å². The standard InChI is InChI=1S/C21H32N2O2/c1-21(2,3)25-20(24)23-19-13-18(14-19)22-17-11-9-16(10-12-17)15-7-5-4-6-8-15/h4-8,16-19,22H,9-14H2,1-3H3,(H,23,24). The first-order valence-electron chi connectivity index (χ1n) is 9.69. The molecule has 0 bridgehead atoms. The second-order valence-electron chi connectivity index (χ2n) is 8.64. The maximum atomic E-state index is 11.8. The zero-order chi connectivity index (χ0) is 17.9. The minimum Gasteiger partial charge on any atom is -0.444 e. The number of hydrogen-bond acceptors (Lipinski definition) is 3. The van der Waals surface area contributed by atoms with E-state index in [1.54, 1.807) is 0 Å². The minimum atomic E-state index is -0.428. The van der Waals surface area contributed by atoms with E-state index in [9.17, 15) is 4.79 Å². The van der Waals surface area contributed by atoms with Crippen LogP contribution in [0.15, 0.2) is 30.3 Å². The summed E-state index contributed by atoms with van der Waals surface area (Å²) in [6.07, 6.45) is 6.78. The number of ether oxygens (including phenoxy) is 1. The van der Waals surface area contributed by atoms with Gasteiger partial charge in [-0.25, -0.2) is 4.79 Å². The second-order valence-corrected chi connectivity index (χ2v) is 8.64. The summed E-state index contributed by atoms with van der Waals surface area (Å²) < 4.78 is 5.31. The highest BCUT2D eigenvalue weighted by Crippen LogP contribution is 2.33. The fourth-order valence-electron chi connectivity index (χ4n) is 4.00. The molecule has 1 aromatic carbocycles. The maximum Gasteiger partial charge on any atom is 0.407 e. The van der Waals surface area contributed by atoms with E-state index in [-0.39, 0.29) is 12.1 Å². The van der Waals surface area contributed by atoms with Crippen molar-refractivity contribution in [2.45, 2.75) is 88.9 Å². The Balaban J connectivity index is 1.33. The lowest BCUT2D eigenvalue weighted by Crippen LogP contribution is -2.55. The van der Waals surface area contributed by atoms with Crippen LogP contribution >= 0.6 is 0 Å². The molecule has 0 radical (unpaired) electrons. The predicted octanol–water partition coefficient (Wildman–Crippen LogP) is 4.36. The molecule has 2 N–H and O–H groups in total. The van der Waals surface area contributed by atoms with Gasteiger partial charge in [0.05, 0.1) is 0 Å². The summed E-state index contributed by atoms with van der Waals surface area (Å²) in [4.78, 5) is 11.8. The van der Waals surface area contributed by atoms with Crippen molar-refractivity contribution in [1.29, 1.82) is 0 Å². The molecule has 3 rings (SSSR count). The highest BCUT2D eigenvalue weighted by Gasteiger charge is 2.33. The Hall–Kier alpha value is -1.55. The highest BCUT2D eigenvalue weighted by molar-refractivity contribution is 5.68. The molecule has 2 saturated carbocycles. The number of amides is 1. The van der Waals surface area contributed by atoms with Gasteiger partial charge in [-0.15, -0.1) is 0 Å². The molecule has 1 amide bonds. The molecule has 0 heterocycles. The van der Waals surface area contributed by atoms with Gasteiger partial charge < -0.3 is 15.4 Å². The van der Waals surface area contributed by atoms with Gasteiger partial charge >= 0.3 is 6.09 Å². The van der Waals surface area contributed by atoms with E-state index in [2.05, 4.69) is 41.0 Å². The molecule has 0 aromatic heterocycles. The molecule has 138 valence electrons. The van der Waals surface area contributed by atoms with Gasteiger partial charge in [-0.05, 0) is 70.8 Å². The van der Waals surface area contributed by atoms with Crippen LogP contribution in [-0.2, 0) is 4.74 Å². The van der Waals surface area contributed by atoms with E-state index in [1.165, 1.54) is 31.2 Å². The van der Waals surface area contributed by atoms with Crippen LogP contribution in [0.25, 0.3) is 0 Å². The number of benzene rings is 1. The summed E-state index contributed by atoms with van der Waals surface area (Å²) in [5, 5.41) is 6.75. The molecule has 4 nitrogen and oxygen atoms in total. The van der Waals surface area contributed by atoms with E-state index < -0.39 is 5.60 Å². The Kier molecular flexibility index (Phi) is 5.67. The minimum absolute atomic E-state index is 0.257. The number of rotatable bonds is 4.